The molecule has 0 spiro atoms. The standard InChI is InChI=1S/C17H17NO2/c1-17(2,3)18-16(20)14-11-8-4-6-10-7-5-9-12(13(10)11)15(14)19/h4-9,14H,1-3H3,(H,18,20). The number of nitrogens with one attached hydrogen (secondary N) is 1. The zero-order valence-electron chi connectivity index (χ0n) is 11.9. The van der Waals surface area contributed by atoms with Crippen molar-refractivity contribution in [1.29, 1.82) is 0 Å². The molecule has 1 N–H and O–H groups in total. The molecule has 3 rings (SSSR count). The van der Waals surface area contributed by atoms with Gasteiger partial charge in [-0.3, -0.25) is 9.59 Å². The van der Waals surface area contributed by atoms with E-state index in [4.69, 9.17) is 0 Å². The highest BCUT2D eigenvalue weighted by Crippen LogP contribution is 2.38. The largest absolute Gasteiger partial charge is 0.351 e. The molecule has 0 heterocycles. The molecular weight excluding hydrogens is 250 g/mol. The third-order valence-corrected chi connectivity index (χ3v) is 3.54. The minimum Gasteiger partial charge on any atom is -0.351 e. The van der Waals surface area contributed by atoms with Gasteiger partial charge in [0.05, 0.1) is 0 Å². The molecule has 0 fully saturated rings. The summed E-state index contributed by atoms with van der Waals surface area (Å²) in [6.07, 6.45) is 0. The van der Waals surface area contributed by atoms with Crippen LogP contribution in [0.4, 0.5) is 0 Å². The Hall–Kier alpha value is -2.16. The first-order valence-electron chi connectivity index (χ1n) is 6.76. The van der Waals surface area contributed by atoms with Crippen molar-refractivity contribution >= 4 is 22.5 Å². The molecule has 1 unspecified atom stereocenters. The van der Waals surface area contributed by atoms with E-state index in [1.807, 2.05) is 51.1 Å². The van der Waals surface area contributed by atoms with Crippen LogP contribution in [-0.4, -0.2) is 17.2 Å². The van der Waals surface area contributed by atoms with Crippen LogP contribution in [0.5, 0.6) is 0 Å². The molecule has 102 valence electrons. The normalized spacial score (nSPS) is 17.6. The molecule has 0 aliphatic heterocycles. The van der Waals surface area contributed by atoms with Crippen LogP contribution in [-0.2, 0) is 4.79 Å². The summed E-state index contributed by atoms with van der Waals surface area (Å²) >= 11 is 0. The van der Waals surface area contributed by atoms with E-state index < -0.39 is 5.92 Å². The van der Waals surface area contributed by atoms with Gasteiger partial charge in [0.1, 0.15) is 5.92 Å². The van der Waals surface area contributed by atoms with Gasteiger partial charge >= 0.3 is 0 Å². The molecular formula is C17H17NO2. The van der Waals surface area contributed by atoms with Gasteiger partial charge in [-0.1, -0.05) is 36.4 Å². The molecule has 0 aromatic heterocycles. The fraction of sp³-hybridized carbons (Fsp3) is 0.294. The van der Waals surface area contributed by atoms with Crippen molar-refractivity contribution in [1.82, 2.24) is 5.32 Å². The molecule has 0 bridgehead atoms. The monoisotopic (exact) mass is 267 g/mol. The van der Waals surface area contributed by atoms with Gasteiger partial charge in [-0.2, -0.15) is 0 Å². The maximum absolute atomic E-state index is 12.5. The quantitative estimate of drug-likeness (QED) is 0.807. The van der Waals surface area contributed by atoms with E-state index in [2.05, 4.69) is 5.32 Å². The highest BCUT2D eigenvalue weighted by atomic mass is 16.2. The Labute approximate surface area is 118 Å². The summed E-state index contributed by atoms with van der Waals surface area (Å²) in [5, 5.41) is 4.85. The number of hydrogen-bond donors (Lipinski definition) is 1. The second kappa shape index (κ2) is 4.17. The fourth-order valence-corrected chi connectivity index (χ4v) is 2.81. The highest BCUT2D eigenvalue weighted by Gasteiger charge is 2.38. The molecule has 1 aliphatic carbocycles. The Balaban J connectivity index is 2.12. The van der Waals surface area contributed by atoms with Crippen LogP contribution in [0.3, 0.4) is 0 Å². The number of benzene rings is 2. The number of hydrogen-bond acceptors (Lipinski definition) is 2. The summed E-state index contributed by atoms with van der Waals surface area (Å²) in [5.74, 6) is -1.03. The third kappa shape index (κ3) is 1.90. The average molecular weight is 267 g/mol. The predicted octanol–water partition coefficient (Wildman–Crippen LogP) is 3.03. The lowest BCUT2D eigenvalue weighted by atomic mass is 9.97. The van der Waals surface area contributed by atoms with E-state index in [9.17, 15) is 9.59 Å². The van der Waals surface area contributed by atoms with Gasteiger partial charge in [-0.05, 0) is 37.1 Å². The van der Waals surface area contributed by atoms with Crippen molar-refractivity contribution in [3.8, 4) is 0 Å². The predicted molar refractivity (Wildman–Crippen MR) is 78.9 cm³/mol. The van der Waals surface area contributed by atoms with Gasteiger partial charge < -0.3 is 5.32 Å². The number of rotatable bonds is 1. The van der Waals surface area contributed by atoms with Crippen LogP contribution >= 0.6 is 0 Å². The van der Waals surface area contributed by atoms with Crippen LogP contribution in [0.25, 0.3) is 10.8 Å². The van der Waals surface area contributed by atoms with Gasteiger partial charge in [-0.25, -0.2) is 0 Å². The third-order valence-electron chi connectivity index (χ3n) is 3.54. The molecule has 1 aliphatic rings. The van der Waals surface area contributed by atoms with E-state index >= 15 is 0 Å². The fourth-order valence-electron chi connectivity index (χ4n) is 2.81. The van der Waals surface area contributed by atoms with Crippen LogP contribution in [0.15, 0.2) is 36.4 Å². The minimum absolute atomic E-state index is 0.0986. The van der Waals surface area contributed by atoms with Crippen LogP contribution < -0.4 is 5.32 Å². The average Bonchev–Trinajstić information content (AvgIpc) is 2.63. The van der Waals surface area contributed by atoms with Gasteiger partial charge in [0.2, 0.25) is 5.91 Å². The number of carbonyl (C=O) groups excluding carboxylic acids is 2. The first-order valence-corrected chi connectivity index (χ1v) is 6.76. The van der Waals surface area contributed by atoms with Crippen molar-refractivity contribution in [2.75, 3.05) is 0 Å². The maximum atomic E-state index is 12.5. The smallest absolute Gasteiger partial charge is 0.235 e. The van der Waals surface area contributed by atoms with E-state index in [1.165, 1.54) is 0 Å². The molecule has 2 aromatic rings. The SMILES string of the molecule is CC(C)(C)NC(=O)C1C(=O)c2cccc3cccc1c23. The second-order valence-corrected chi connectivity index (χ2v) is 6.29. The number of ketones is 1. The zero-order valence-corrected chi connectivity index (χ0v) is 11.9. The van der Waals surface area contributed by atoms with E-state index in [-0.39, 0.29) is 17.2 Å². The maximum Gasteiger partial charge on any atom is 0.235 e. The molecule has 20 heavy (non-hydrogen) atoms. The lowest BCUT2D eigenvalue weighted by Crippen LogP contribution is -2.44. The molecule has 1 amide bonds. The lowest BCUT2D eigenvalue weighted by Gasteiger charge is -2.23. The Morgan fingerprint density at radius 3 is 2.40 bits per heavy atom. The molecule has 0 saturated carbocycles. The topological polar surface area (TPSA) is 46.2 Å². The number of Topliss-reactive ketones (excluding diaryl/α,β-unsaturated/α-hetero) is 1. The van der Waals surface area contributed by atoms with E-state index in [0.717, 1.165) is 16.3 Å². The molecule has 0 saturated heterocycles. The Morgan fingerprint density at radius 2 is 1.75 bits per heavy atom. The Bertz CT molecular complexity index is 720. The molecule has 1 atom stereocenters. The summed E-state index contributed by atoms with van der Waals surface area (Å²) in [6, 6.07) is 11.4. The van der Waals surface area contributed by atoms with Crippen molar-refractivity contribution in [3.63, 3.8) is 0 Å². The molecule has 3 nitrogen and oxygen atoms in total. The first kappa shape index (κ1) is 12.9. The Morgan fingerprint density at radius 1 is 1.10 bits per heavy atom. The van der Waals surface area contributed by atoms with E-state index in [1.54, 1.807) is 6.07 Å². The zero-order chi connectivity index (χ0) is 14.5. The second-order valence-electron chi connectivity index (χ2n) is 6.29. The van der Waals surface area contributed by atoms with Crippen LogP contribution in [0.1, 0.15) is 42.6 Å². The highest BCUT2D eigenvalue weighted by molar-refractivity contribution is 6.26. The van der Waals surface area contributed by atoms with Gasteiger partial charge in [0.15, 0.2) is 5.78 Å². The van der Waals surface area contributed by atoms with Crippen LogP contribution in [0, 0.1) is 0 Å². The first-order chi connectivity index (χ1) is 9.38. The van der Waals surface area contributed by atoms with Crippen LogP contribution in [0.2, 0.25) is 0 Å². The molecule has 3 heteroatoms. The number of amides is 1. The summed E-state index contributed by atoms with van der Waals surface area (Å²) in [7, 11) is 0. The Kier molecular flexibility index (Phi) is 2.68. The van der Waals surface area contributed by atoms with Crippen molar-refractivity contribution in [3.05, 3.63) is 47.5 Å². The van der Waals surface area contributed by atoms with Gasteiger partial charge in [-0.15, -0.1) is 0 Å². The lowest BCUT2D eigenvalue weighted by molar-refractivity contribution is -0.122. The van der Waals surface area contributed by atoms with Crippen molar-refractivity contribution in [2.24, 2.45) is 0 Å². The molecule has 2 aromatic carbocycles. The summed E-state index contributed by atoms with van der Waals surface area (Å²) in [6.45, 7) is 5.74. The van der Waals surface area contributed by atoms with Crippen molar-refractivity contribution in [2.45, 2.75) is 32.2 Å². The van der Waals surface area contributed by atoms with Gasteiger partial charge in [0.25, 0.3) is 0 Å². The van der Waals surface area contributed by atoms with E-state index in [0.29, 0.717) is 5.56 Å². The summed E-state index contributed by atoms with van der Waals surface area (Å²) in [4.78, 5) is 25.0. The van der Waals surface area contributed by atoms with Gasteiger partial charge in [0, 0.05) is 11.1 Å². The van der Waals surface area contributed by atoms with Crippen molar-refractivity contribution < 1.29 is 9.59 Å². The summed E-state index contributed by atoms with van der Waals surface area (Å²) < 4.78 is 0. The molecule has 0 radical (unpaired) electrons. The number of carbonyl (C=O) groups is 2. The summed E-state index contributed by atoms with van der Waals surface area (Å²) in [5.41, 5.74) is 1.14. The minimum atomic E-state index is -0.713.